The van der Waals surface area contributed by atoms with E-state index in [1.54, 1.807) is 12.2 Å². The Labute approximate surface area is 85.7 Å². The lowest BCUT2D eigenvalue weighted by molar-refractivity contribution is -0.324. The van der Waals surface area contributed by atoms with Crippen molar-refractivity contribution in [3.05, 3.63) is 36.5 Å². The molecule has 0 heterocycles. The van der Waals surface area contributed by atoms with E-state index in [1.807, 2.05) is 19.1 Å². The van der Waals surface area contributed by atoms with Crippen LogP contribution >= 0.6 is 0 Å². The Hall–Kier alpha value is -0.900. The van der Waals surface area contributed by atoms with Gasteiger partial charge in [0.2, 0.25) is 0 Å². The zero-order valence-electron chi connectivity index (χ0n) is 9.24. The molecule has 0 N–H and O–H groups in total. The number of methoxy groups -OCH3 is 3. The van der Waals surface area contributed by atoms with E-state index in [9.17, 15) is 0 Å². The van der Waals surface area contributed by atoms with Gasteiger partial charge in [0.15, 0.2) is 0 Å². The summed E-state index contributed by atoms with van der Waals surface area (Å²) in [5, 5.41) is 0. The molecular formula is C11H18O3. The molecule has 14 heavy (non-hydrogen) atoms. The molecular weight excluding hydrogens is 180 g/mol. The highest BCUT2D eigenvalue weighted by Gasteiger charge is 2.32. The third-order valence-corrected chi connectivity index (χ3v) is 1.80. The second-order valence-corrected chi connectivity index (χ2v) is 2.53. The average molecular weight is 198 g/mol. The maximum absolute atomic E-state index is 5.19. The normalized spacial score (nSPS) is 13.6. The van der Waals surface area contributed by atoms with E-state index in [4.69, 9.17) is 14.2 Å². The van der Waals surface area contributed by atoms with E-state index in [2.05, 4.69) is 6.58 Å². The fourth-order valence-electron chi connectivity index (χ4n) is 1.17. The first kappa shape index (κ1) is 13.1. The van der Waals surface area contributed by atoms with Gasteiger partial charge in [-0.3, -0.25) is 0 Å². The topological polar surface area (TPSA) is 27.7 Å². The lowest BCUT2D eigenvalue weighted by Gasteiger charge is -2.29. The van der Waals surface area contributed by atoms with Crippen LogP contribution in [0.25, 0.3) is 0 Å². The largest absolute Gasteiger partial charge is 0.327 e. The number of rotatable bonds is 6. The summed E-state index contributed by atoms with van der Waals surface area (Å²) in [5.74, 6) is -1.15. The van der Waals surface area contributed by atoms with E-state index in [1.165, 1.54) is 21.3 Å². The van der Waals surface area contributed by atoms with Crippen LogP contribution in [-0.4, -0.2) is 27.3 Å². The van der Waals surface area contributed by atoms with Gasteiger partial charge in [-0.05, 0) is 6.92 Å². The maximum atomic E-state index is 5.19. The van der Waals surface area contributed by atoms with Crippen LogP contribution in [0.3, 0.4) is 0 Å². The molecule has 0 saturated carbocycles. The standard InChI is InChI=1S/C11H18O3/c1-6-8-10(9-7-2)11(12-3,13-4)14-5/h6-9H,1H2,2-5H3/b9-7-,10-8+. The van der Waals surface area contributed by atoms with Gasteiger partial charge in [0, 0.05) is 26.9 Å². The van der Waals surface area contributed by atoms with Crippen molar-refractivity contribution in [2.75, 3.05) is 21.3 Å². The van der Waals surface area contributed by atoms with E-state index in [-0.39, 0.29) is 0 Å². The van der Waals surface area contributed by atoms with Gasteiger partial charge in [0.25, 0.3) is 0 Å². The van der Waals surface area contributed by atoms with E-state index < -0.39 is 5.97 Å². The monoisotopic (exact) mass is 198 g/mol. The molecule has 3 nitrogen and oxygen atoms in total. The molecule has 0 rings (SSSR count). The second kappa shape index (κ2) is 6.54. The fourth-order valence-corrected chi connectivity index (χ4v) is 1.17. The lowest BCUT2D eigenvalue weighted by atomic mass is 10.2. The Morgan fingerprint density at radius 2 is 1.64 bits per heavy atom. The molecule has 0 aliphatic carbocycles. The summed E-state index contributed by atoms with van der Waals surface area (Å²) in [6.07, 6.45) is 7.15. The molecule has 0 radical (unpaired) electrons. The van der Waals surface area contributed by atoms with Crippen molar-refractivity contribution in [2.24, 2.45) is 0 Å². The SMILES string of the molecule is C=C/C=C(\C=C/C)C(OC)(OC)OC. The van der Waals surface area contributed by atoms with Gasteiger partial charge in [-0.15, -0.1) is 0 Å². The predicted octanol–water partition coefficient (Wildman–Crippen LogP) is 2.27. The molecule has 0 amide bonds. The van der Waals surface area contributed by atoms with Crippen LogP contribution in [0, 0.1) is 0 Å². The van der Waals surface area contributed by atoms with Crippen LogP contribution in [0.15, 0.2) is 36.5 Å². The quantitative estimate of drug-likeness (QED) is 0.484. The van der Waals surface area contributed by atoms with Crippen molar-refractivity contribution < 1.29 is 14.2 Å². The summed E-state index contributed by atoms with van der Waals surface area (Å²) in [7, 11) is 4.56. The van der Waals surface area contributed by atoms with Gasteiger partial charge in [-0.1, -0.05) is 30.9 Å². The minimum Gasteiger partial charge on any atom is -0.327 e. The second-order valence-electron chi connectivity index (χ2n) is 2.53. The smallest absolute Gasteiger partial charge is 0.311 e. The van der Waals surface area contributed by atoms with Crippen molar-refractivity contribution in [3.8, 4) is 0 Å². The Morgan fingerprint density at radius 1 is 1.14 bits per heavy atom. The van der Waals surface area contributed by atoms with Crippen molar-refractivity contribution in [1.29, 1.82) is 0 Å². The summed E-state index contributed by atoms with van der Waals surface area (Å²) in [6.45, 7) is 5.53. The number of allylic oxidation sites excluding steroid dienone is 3. The van der Waals surface area contributed by atoms with Crippen molar-refractivity contribution >= 4 is 0 Å². The molecule has 0 bridgehead atoms. The summed E-state index contributed by atoms with van der Waals surface area (Å²) < 4.78 is 15.6. The molecule has 0 aromatic carbocycles. The maximum Gasteiger partial charge on any atom is 0.311 e. The van der Waals surface area contributed by atoms with Crippen LogP contribution in [0.4, 0.5) is 0 Å². The van der Waals surface area contributed by atoms with E-state index in [0.29, 0.717) is 0 Å². The first-order valence-electron chi connectivity index (χ1n) is 4.32. The molecule has 3 heteroatoms. The molecule has 80 valence electrons. The highest BCUT2D eigenvalue weighted by Crippen LogP contribution is 2.24. The first-order valence-corrected chi connectivity index (χ1v) is 4.32. The van der Waals surface area contributed by atoms with Gasteiger partial charge >= 0.3 is 5.97 Å². The summed E-state index contributed by atoms with van der Waals surface area (Å²) in [5.41, 5.74) is 0.752. The van der Waals surface area contributed by atoms with Gasteiger partial charge in [-0.25, -0.2) is 0 Å². The molecule has 0 aliphatic rings. The third kappa shape index (κ3) is 2.80. The zero-order chi connectivity index (χ0) is 11.0. The minimum absolute atomic E-state index is 0.752. The molecule has 0 aromatic heterocycles. The summed E-state index contributed by atoms with van der Waals surface area (Å²) in [6, 6.07) is 0. The van der Waals surface area contributed by atoms with E-state index >= 15 is 0 Å². The van der Waals surface area contributed by atoms with Crippen LogP contribution in [0.1, 0.15) is 6.92 Å². The molecule has 0 aromatic rings. The van der Waals surface area contributed by atoms with Gasteiger partial charge in [-0.2, -0.15) is 0 Å². The van der Waals surface area contributed by atoms with Crippen molar-refractivity contribution in [1.82, 2.24) is 0 Å². The van der Waals surface area contributed by atoms with Crippen molar-refractivity contribution in [2.45, 2.75) is 12.9 Å². The number of hydrogen-bond acceptors (Lipinski definition) is 3. The highest BCUT2D eigenvalue weighted by atomic mass is 16.9. The lowest BCUT2D eigenvalue weighted by Crippen LogP contribution is -2.37. The van der Waals surface area contributed by atoms with Crippen LogP contribution in [0.2, 0.25) is 0 Å². The predicted molar refractivity (Wildman–Crippen MR) is 56.9 cm³/mol. The summed E-state index contributed by atoms with van der Waals surface area (Å²) >= 11 is 0. The number of ether oxygens (including phenoxy) is 3. The Bertz CT molecular complexity index is 216. The summed E-state index contributed by atoms with van der Waals surface area (Å²) in [4.78, 5) is 0. The van der Waals surface area contributed by atoms with E-state index in [0.717, 1.165) is 5.57 Å². The number of hydrogen-bond donors (Lipinski definition) is 0. The van der Waals surface area contributed by atoms with Crippen LogP contribution in [0.5, 0.6) is 0 Å². The molecule has 0 aliphatic heterocycles. The first-order chi connectivity index (χ1) is 6.70. The Kier molecular flexibility index (Phi) is 6.12. The van der Waals surface area contributed by atoms with Gasteiger partial charge in [0.05, 0.1) is 0 Å². The Balaban J connectivity index is 5.10. The molecule has 0 spiro atoms. The third-order valence-electron chi connectivity index (χ3n) is 1.80. The fraction of sp³-hybridized carbons (Fsp3) is 0.455. The van der Waals surface area contributed by atoms with Crippen LogP contribution < -0.4 is 0 Å². The Morgan fingerprint density at radius 3 is 1.93 bits per heavy atom. The molecule has 0 atom stereocenters. The van der Waals surface area contributed by atoms with Crippen molar-refractivity contribution in [3.63, 3.8) is 0 Å². The molecule has 0 fully saturated rings. The molecule has 0 unspecified atom stereocenters. The van der Waals surface area contributed by atoms with Crippen LogP contribution in [-0.2, 0) is 14.2 Å². The molecule has 0 saturated heterocycles. The average Bonchev–Trinajstić information content (AvgIpc) is 2.22. The highest BCUT2D eigenvalue weighted by molar-refractivity contribution is 5.27. The van der Waals surface area contributed by atoms with Gasteiger partial charge in [0.1, 0.15) is 0 Å². The van der Waals surface area contributed by atoms with Gasteiger partial charge < -0.3 is 14.2 Å². The zero-order valence-corrected chi connectivity index (χ0v) is 9.24. The minimum atomic E-state index is -1.15.